The average Bonchev–Trinajstić information content (AvgIpc) is 2.30. The minimum Gasteiger partial charge on any atom is -0.459 e. The molecule has 0 saturated heterocycles. The summed E-state index contributed by atoms with van der Waals surface area (Å²) in [5, 5.41) is 0.575. The third kappa shape index (κ3) is 1.82. The van der Waals surface area contributed by atoms with Gasteiger partial charge in [0.1, 0.15) is 11.4 Å². The first-order chi connectivity index (χ1) is 6.88. The summed E-state index contributed by atoms with van der Waals surface area (Å²) in [6.07, 6.45) is 0. The second kappa shape index (κ2) is 4.05. The Labute approximate surface area is 83.6 Å². The zero-order valence-electron chi connectivity index (χ0n) is 7.77. The van der Waals surface area contributed by atoms with E-state index < -0.39 is 0 Å². The molecule has 0 saturated carbocycles. The molecule has 14 heavy (non-hydrogen) atoms. The number of hydrogen-bond acceptors (Lipinski definition) is 0. The average molecular weight is 184 g/mol. The van der Waals surface area contributed by atoms with Crippen LogP contribution in [0.4, 0.5) is 11.4 Å². The van der Waals surface area contributed by atoms with E-state index in [2.05, 4.69) is 0 Å². The fourth-order valence-electron chi connectivity index (χ4n) is 1.38. The highest BCUT2D eigenvalue weighted by atomic mass is 15.4. The lowest BCUT2D eigenvalue weighted by Crippen LogP contribution is -2.94. The molecule has 0 amide bonds. The van der Waals surface area contributed by atoms with Crippen molar-refractivity contribution in [1.82, 2.24) is 0 Å². The van der Waals surface area contributed by atoms with Crippen LogP contribution < -0.4 is 5.01 Å². The molecule has 70 valence electrons. The fraction of sp³-hybridized carbons (Fsp3) is 0. The van der Waals surface area contributed by atoms with E-state index in [4.69, 9.17) is 5.84 Å². The second-order valence-corrected chi connectivity index (χ2v) is 3.11. The Morgan fingerprint density at radius 1 is 0.643 bits per heavy atom. The molecule has 0 heterocycles. The van der Waals surface area contributed by atoms with E-state index >= 15 is 0 Å². The van der Waals surface area contributed by atoms with Crippen molar-refractivity contribution in [1.29, 1.82) is 0 Å². The van der Waals surface area contributed by atoms with Crippen LogP contribution in [0.3, 0.4) is 0 Å². The van der Waals surface area contributed by atoms with Crippen LogP contribution >= 0.6 is 0 Å². The largest absolute Gasteiger partial charge is 0.459 e. The summed E-state index contributed by atoms with van der Waals surface area (Å²) < 4.78 is 0. The Hall–Kier alpha value is -1.64. The van der Waals surface area contributed by atoms with E-state index in [1.165, 1.54) is 0 Å². The van der Waals surface area contributed by atoms with Crippen molar-refractivity contribution in [2.24, 2.45) is 0 Å². The number of quaternary nitrogens is 1. The SMILES string of the molecule is [NH-][NH+](c1ccccc1)c1ccccc1. The first kappa shape index (κ1) is 8.94. The van der Waals surface area contributed by atoms with Gasteiger partial charge < -0.3 is 10.9 Å². The lowest BCUT2D eigenvalue weighted by atomic mass is 10.2. The molecule has 0 aliphatic heterocycles. The van der Waals surface area contributed by atoms with Gasteiger partial charge in [-0.1, -0.05) is 36.4 Å². The van der Waals surface area contributed by atoms with E-state index in [-0.39, 0.29) is 0 Å². The van der Waals surface area contributed by atoms with Crippen molar-refractivity contribution in [2.45, 2.75) is 0 Å². The van der Waals surface area contributed by atoms with E-state index in [0.29, 0.717) is 5.01 Å². The summed E-state index contributed by atoms with van der Waals surface area (Å²) in [5.74, 6) is 7.97. The monoisotopic (exact) mass is 184 g/mol. The summed E-state index contributed by atoms with van der Waals surface area (Å²) in [6.45, 7) is 0. The Morgan fingerprint density at radius 2 is 1.00 bits per heavy atom. The van der Waals surface area contributed by atoms with Gasteiger partial charge in [0.2, 0.25) is 0 Å². The molecule has 0 aliphatic rings. The first-order valence-corrected chi connectivity index (χ1v) is 4.57. The van der Waals surface area contributed by atoms with Gasteiger partial charge in [0.25, 0.3) is 0 Å². The van der Waals surface area contributed by atoms with Crippen LogP contribution in [0.2, 0.25) is 0 Å². The highest BCUT2D eigenvalue weighted by Crippen LogP contribution is 2.06. The molecule has 0 aliphatic carbocycles. The Morgan fingerprint density at radius 3 is 1.36 bits per heavy atom. The minimum absolute atomic E-state index is 0.575. The Bertz CT molecular complexity index is 344. The van der Waals surface area contributed by atoms with Crippen LogP contribution in [0.1, 0.15) is 0 Å². The smallest absolute Gasteiger partial charge is 0.126 e. The molecule has 2 heteroatoms. The highest BCUT2D eigenvalue weighted by Gasteiger charge is 2.02. The van der Waals surface area contributed by atoms with Crippen molar-refractivity contribution in [3.8, 4) is 0 Å². The normalized spacial score (nSPS) is 10.4. The Kier molecular flexibility index (Phi) is 2.58. The highest BCUT2D eigenvalue weighted by molar-refractivity contribution is 5.37. The van der Waals surface area contributed by atoms with Gasteiger partial charge in [-0.2, -0.15) is 0 Å². The maximum Gasteiger partial charge on any atom is 0.126 e. The lowest BCUT2D eigenvalue weighted by molar-refractivity contribution is -0.698. The molecule has 0 radical (unpaired) electrons. The summed E-state index contributed by atoms with van der Waals surface area (Å²) >= 11 is 0. The van der Waals surface area contributed by atoms with Gasteiger partial charge in [-0.15, -0.1) is 0 Å². The van der Waals surface area contributed by atoms with Crippen molar-refractivity contribution < 1.29 is 5.01 Å². The summed E-state index contributed by atoms with van der Waals surface area (Å²) in [7, 11) is 0. The first-order valence-electron chi connectivity index (χ1n) is 4.57. The molecule has 0 bridgehead atoms. The quantitative estimate of drug-likeness (QED) is 0.695. The predicted molar refractivity (Wildman–Crippen MR) is 57.5 cm³/mol. The van der Waals surface area contributed by atoms with Crippen LogP contribution in [-0.4, -0.2) is 0 Å². The van der Waals surface area contributed by atoms with Crippen LogP contribution in [0, 0.1) is 0 Å². The zero-order chi connectivity index (χ0) is 9.80. The number of rotatable bonds is 2. The lowest BCUT2D eigenvalue weighted by Gasteiger charge is -2.19. The molecule has 0 fully saturated rings. The zero-order valence-corrected chi connectivity index (χ0v) is 7.77. The van der Waals surface area contributed by atoms with Crippen LogP contribution in [0.5, 0.6) is 0 Å². The van der Waals surface area contributed by atoms with Crippen molar-refractivity contribution in [2.75, 3.05) is 0 Å². The molecule has 0 aromatic heterocycles. The van der Waals surface area contributed by atoms with Gasteiger partial charge in [0.15, 0.2) is 0 Å². The van der Waals surface area contributed by atoms with E-state index in [1.807, 2.05) is 60.7 Å². The van der Waals surface area contributed by atoms with E-state index in [1.54, 1.807) is 0 Å². The second-order valence-electron chi connectivity index (χ2n) is 3.11. The maximum atomic E-state index is 7.97. The third-order valence-corrected chi connectivity index (χ3v) is 2.12. The van der Waals surface area contributed by atoms with Crippen molar-refractivity contribution in [3.63, 3.8) is 0 Å². The van der Waals surface area contributed by atoms with Gasteiger partial charge in [0, 0.05) is 0 Å². The summed E-state index contributed by atoms with van der Waals surface area (Å²) in [5.41, 5.74) is 1.91. The van der Waals surface area contributed by atoms with Gasteiger partial charge in [-0.25, -0.2) is 0 Å². The van der Waals surface area contributed by atoms with Gasteiger partial charge in [-0.05, 0) is 24.3 Å². The molecule has 2 N–H and O–H groups in total. The fourth-order valence-corrected chi connectivity index (χ4v) is 1.38. The molecule has 0 spiro atoms. The van der Waals surface area contributed by atoms with Crippen LogP contribution in [0.25, 0.3) is 5.84 Å². The molecule has 2 nitrogen and oxygen atoms in total. The van der Waals surface area contributed by atoms with Gasteiger partial charge in [0.05, 0.1) is 0 Å². The third-order valence-electron chi connectivity index (χ3n) is 2.12. The van der Waals surface area contributed by atoms with Crippen molar-refractivity contribution >= 4 is 11.4 Å². The molecular formula is C12H12N2. The summed E-state index contributed by atoms with van der Waals surface area (Å²) in [6, 6.07) is 19.5. The van der Waals surface area contributed by atoms with Gasteiger partial charge >= 0.3 is 0 Å². The van der Waals surface area contributed by atoms with E-state index in [9.17, 15) is 0 Å². The molecule has 2 rings (SSSR count). The molecule has 0 unspecified atom stereocenters. The molecule has 2 aromatic rings. The van der Waals surface area contributed by atoms with Gasteiger partial charge in [-0.3, -0.25) is 0 Å². The molecular weight excluding hydrogens is 172 g/mol. The predicted octanol–water partition coefficient (Wildman–Crippen LogP) is 2.50. The van der Waals surface area contributed by atoms with Crippen LogP contribution in [-0.2, 0) is 0 Å². The standard InChI is InChI=1S/C12H12N2/c13-14(11-7-3-1-4-8-11)12-9-5-2-6-10-12/h1-10,13-14H. The number of nitrogens with one attached hydrogen (secondary N) is 2. The maximum absolute atomic E-state index is 7.97. The number of para-hydroxylation sites is 2. The number of benzene rings is 2. The molecule has 0 atom stereocenters. The van der Waals surface area contributed by atoms with E-state index in [0.717, 1.165) is 11.4 Å². The minimum atomic E-state index is 0.575. The summed E-state index contributed by atoms with van der Waals surface area (Å²) in [4.78, 5) is 0. The number of hydrogen-bond donors (Lipinski definition) is 1. The Balaban J connectivity index is 2.30. The van der Waals surface area contributed by atoms with Crippen LogP contribution in [0.15, 0.2) is 60.7 Å². The molecule has 2 aromatic carbocycles. The van der Waals surface area contributed by atoms with Crippen molar-refractivity contribution in [3.05, 3.63) is 66.5 Å². The topological polar surface area (TPSA) is 28.2 Å².